The number of carbonyl (C=O) groups excluding carboxylic acids is 1. The van der Waals surface area contributed by atoms with Gasteiger partial charge in [0, 0.05) is 5.69 Å². The Kier molecular flexibility index (Phi) is 4.09. The molecular weight excluding hydrogens is 326 g/mol. The number of benzene rings is 3. The lowest BCUT2D eigenvalue weighted by Gasteiger charge is -2.12. The van der Waals surface area contributed by atoms with Crippen LogP contribution in [-0.4, -0.2) is 20.1 Å². The van der Waals surface area contributed by atoms with Crippen molar-refractivity contribution < 1.29 is 14.3 Å². The Morgan fingerprint density at radius 1 is 0.885 bits per heavy atom. The maximum absolute atomic E-state index is 12.8. The van der Waals surface area contributed by atoms with E-state index in [1.165, 1.54) is 22.3 Å². The lowest BCUT2D eigenvalue weighted by molar-refractivity contribution is 0.102. The Morgan fingerprint density at radius 2 is 1.69 bits per heavy atom. The van der Waals surface area contributed by atoms with Gasteiger partial charge in [-0.25, -0.2) is 0 Å². The number of carbonyl (C=O) groups is 1. The minimum Gasteiger partial charge on any atom is -0.497 e. The molecule has 0 heterocycles. The molecule has 4 rings (SSSR count). The second-order valence-corrected chi connectivity index (χ2v) is 6.23. The van der Waals surface area contributed by atoms with Gasteiger partial charge in [0.15, 0.2) is 0 Å². The number of hydrogen-bond donors (Lipinski definition) is 1. The van der Waals surface area contributed by atoms with E-state index in [1.54, 1.807) is 32.4 Å². The van der Waals surface area contributed by atoms with Crippen molar-refractivity contribution in [1.82, 2.24) is 0 Å². The van der Waals surface area contributed by atoms with E-state index in [9.17, 15) is 4.79 Å². The van der Waals surface area contributed by atoms with Crippen LogP contribution in [0.15, 0.2) is 60.7 Å². The first-order chi connectivity index (χ1) is 12.7. The third-order valence-corrected chi connectivity index (χ3v) is 4.71. The van der Waals surface area contributed by atoms with Gasteiger partial charge in [-0.2, -0.15) is 0 Å². The average Bonchev–Trinajstić information content (AvgIpc) is 3.05. The van der Waals surface area contributed by atoms with Crippen LogP contribution in [0.3, 0.4) is 0 Å². The van der Waals surface area contributed by atoms with E-state index in [0.717, 1.165) is 12.1 Å². The number of ether oxygens (including phenoxy) is 2. The standard InChI is InChI=1S/C22H19NO3/c1-25-17-9-10-21(26-2)20(13-17)22(24)23-16-8-7-15-11-14-5-3-4-6-18(14)19(15)12-16/h3-10,12-13H,11H2,1-2H3,(H,23,24). The summed E-state index contributed by atoms with van der Waals surface area (Å²) in [5.74, 6) is 0.889. The van der Waals surface area contributed by atoms with E-state index in [1.807, 2.05) is 18.2 Å². The van der Waals surface area contributed by atoms with Gasteiger partial charge in [-0.3, -0.25) is 4.79 Å². The normalized spacial score (nSPS) is 11.5. The van der Waals surface area contributed by atoms with Crippen molar-refractivity contribution in [3.05, 3.63) is 77.4 Å². The molecule has 1 aliphatic rings. The molecule has 0 spiro atoms. The molecule has 1 N–H and O–H groups in total. The van der Waals surface area contributed by atoms with E-state index < -0.39 is 0 Å². The fourth-order valence-electron chi connectivity index (χ4n) is 3.39. The molecule has 0 unspecified atom stereocenters. The van der Waals surface area contributed by atoms with Gasteiger partial charge in [-0.1, -0.05) is 30.3 Å². The van der Waals surface area contributed by atoms with Gasteiger partial charge >= 0.3 is 0 Å². The molecule has 0 aromatic heterocycles. The molecule has 0 bridgehead atoms. The van der Waals surface area contributed by atoms with Crippen molar-refractivity contribution in [2.24, 2.45) is 0 Å². The summed E-state index contributed by atoms with van der Waals surface area (Å²) >= 11 is 0. The molecular formula is C22H19NO3. The van der Waals surface area contributed by atoms with Crippen LogP contribution in [0.2, 0.25) is 0 Å². The summed E-state index contributed by atoms with van der Waals surface area (Å²) in [6, 6.07) is 19.6. The van der Waals surface area contributed by atoms with Crippen molar-refractivity contribution in [1.29, 1.82) is 0 Å². The highest BCUT2D eigenvalue weighted by atomic mass is 16.5. The van der Waals surface area contributed by atoms with Gasteiger partial charge in [-0.15, -0.1) is 0 Å². The number of amides is 1. The molecule has 0 atom stereocenters. The van der Waals surface area contributed by atoms with Crippen molar-refractivity contribution >= 4 is 11.6 Å². The molecule has 0 fully saturated rings. The molecule has 0 saturated heterocycles. The zero-order valence-electron chi connectivity index (χ0n) is 14.7. The average molecular weight is 345 g/mol. The summed E-state index contributed by atoms with van der Waals surface area (Å²) in [4.78, 5) is 12.8. The first kappa shape index (κ1) is 16.2. The molecule has 130 valence electrons. The Labute approximate surface area is 152 Å². The van der Waals surface area contributed by atoms with Gasteiger partial charge < -0.3 is 14.8 Å². The first-order valence-electron chi connectivity index (χ1n) is 8.44. The summed E-state index contributed by atoms with van der Waals surface area (Å²) in [5, 5.41) is 2.97. The monoisotopic (exact) mass is 345 g/mol. The van der Waals surface area contributed by atoms with Gasteiger partial charge in [0.2, 0.25) is 0 Å². The third-order valence-electron chi connectivity index (χ3n) is 4.71. The predicted octanol–water partition coefficient (Wildman–Crippen LogP) is 4.53. The molecule has 26 heavy (non-hydrogen) atoms. The minimum atomic E-state index is -0.230. The number of rotatable bonds is 4. The molecule has 1 aliphatic carbocycles. The van der Waals surface area contributed by atoms with Crippen molar-refractivity contribution in [2.45, 2.75) is 6.42 Å². The summed E-state index contributed by atoms with van der Waals surface area (Å²) in [6.07, 6.45) is 0.934. The molecule has 4 nitrogen and oxygen atoms in total. The van der Waals surface area contributed by atoms with Gasteiger partial charge in [-0.05, 0) is 59.0 Å². The summed E-state index contributed by atoms with van der Waals surface area (Å²) in [5.41, 5.74) is 6.21. The molecule has 0 aliphatic heterocycles. The predicted molar refractivity (Wildman–Crippen MR) is 102 cm³/mol. The van der Waals surface area contributed by atoms with Gasteiger partial charge in [0.05, 0.1) is 19.8 Å². The van der Waals surface area contributed by atoms with Crippen molar-refractivity contribution in [3.63, 3.8) is 0 Å². The Bertz CT molecular complexity index is 994. The van der Waals surface area contributed by atoms with Crippen LogP contribution >= 0.6 is 0 Å². The van der Waals surface area contributed by atoms with Crippen LogP contribution in [0.4, 0.5) is 5.69 Å². The van der Waals surface area contributed by atoms with Crippen LogP contribution < -0.4 is 14.8 Å². The highest BCUT2D eigenvalue weighted by molar-refractivity contribution is 6.06. The fourth-order valence-corrected chi connectivity index (χ4v) is 3.39. The zero-order valence-corrected chi connectivity index (χ0v) is 14.7. The number of nitrogens with one attached hydrogen (secondary N) is 1. The lowest BCUT2D eigenvalue weighted by atomic mass is 10.1. The Morgan fingerprint density at radius 3 is 2.50 bits per heavy atom. The second kappa shape index (κ2) is 6.56. The highest BCUT2D eigenvalue weighted by Crippen LogP contribution is 2.38. The smallest absolute Gasteiger partial charge is 0.259 e. The Hall–Kier alpha value is -3.27. The van der Waals surface area contributed by atoms with Crippen LogP contribution in [0.1, 0.15) is 21.5 Å². The van der Waals surface area contributed by atoms with Crippen LogP contribution in [0.5, 0.6) is 11.5 Å². The van der Waals surface area contributed by atoms with Crippen molar-refractivity contribution in [3.8, 4) is 22.6 Å². The summed E-state index contributed by atoms with van der Waals surface area (Å²) in [6.45, 7) is 0. The molecule has 0 radical (unpaired) electrons. The second-order valence-electron chi connectivity index (χ2n) is 6.23. The summed E-state index contributed by atoms with van der Waals surface area (Å²) in [7, 11) is 3.12. The lowest BCUT2D eigenvalue weighted by Crippen LogP contribution is -2.13. The Balaban J connectivity index is 1.64. The SMILES string of the molecule is COc1ccc(OC)c(C(=O)Nc2ccc3c(c2)-c2ccccc2C3)c1. The molecule has 3 aromatic rings. The van der Waals surface area contributed by atoms with E-state index in [0.29, 0.717) is 17.1 Å². The largest absolute Gasteiger partial charge is 0.497 e. The topological polar surface area (TPSA) is 47.6 Å². The minimum absolute atomic E-state index is 0.230. The van der Waals surface area contributed by atoms with E-state index in [2.05, 4.69) is 29.6 Å². The molecule has 4 heteroatoms. The molecule has 3 aromatic carbocycles. The van der Waals surface area contributed by atoms with Crippen LogP contribution in [0.25, 0.3) is 11.1 Å². The number of fused-ring (bicyclic) bond motifs is 3. The quantitative estimate of drug-likeness (QED) is 0.591. The molecule has 1 amide bonds. The maximum Gasteiger partial charge on any atom is 0.259 e. The van der Waals surface area contributed by atoms with E-state index in [4.69, 9.17) is 9.47 Å². The number of methoxy groups -OCH3 is 2. The number of anilines is 1. The third kappa shape index (κ3) is 2.80. The summed E-state index contributed by atoms with van der Waals surface area (Å²) < 4.78 is 10.5. The van der Waals surface area contributed by atoms with Crippen LogP contribution in [0, 0.1) is 0 Å². The van der Waals surface area contributed by atoms with Crippen LogP contribution in [-0.2, 0) is 6.42 Å². The highest BCUT2D eigenvalue weighted by Gasteiger charge is 2.19. The van der Waals surface area contributed by atoms with Gasteiger partial charge in [0.25, 0.3) is 5.91 Å². The fraction of sp³-hybridized carbons (Fsp3) is 0.136. The molecule has 0 saturated carbocycles. The first-order valence-corrected chi connectivity index (χ1v) is 8.44. The van der Waals surface area contributed by atoms with Gasteiger partial charge in [0.1, 0.15) is 11.5 Å². The maximum atomic E-state index is 12.8. The number of hydrogen-bond acceptors (Lipinski definition) is 3. The van der Waals surface area contributed by atoms with E-state index in [-0.39, 0.29) is 5.91 Å². The van der Waals surface area contributed by atoms with E-state index >= 15 is 0 Å². The zero-order chi connectivity index (χ0) is 18.1. The van der Waals surface area contributed by atoms with Crippen molar-refractivity contribution in [2.75, 3.05) is 19.5 Å².